The third-order valence-electron chi connectivity index (χ3n) is 4.13. The van der Waals surface area contributed by atoms with E-state index in [0.29, 0.717) is 5.56 Å². The van der Waals surface area contributed by atoms with Crippen LogP contribution in [0.15, 0.2) is 36.7 Å². The molecule has 0 saturated carbocycles. The zero-order valence-corrected chi connectivity index (χ0v) is 11.7. The minimum absolute atomic E-state index is 0.0162. The molecule has 20 heavy (non-hydrogen) atoms. The van der Waals surface area contributed by atoms with Gasteiger partial charge in [0.1, 0.15) is 5.82 Å². The zero-order chi connectivity index (χ0) is 13.9. The Morgan fingerprint density at radius 1 is 1.25 bits per heavy atom. The standard InChI is InChI=1S/C17H19FN2/c1-19-17(15-7-8-20-11-16(15)18)10-12-5-6-13-3-2-4-14(13)9-12/h5-9,11,17,19H,2-4,10H2,1H3. The van der Waals surface area contributed by atoms with E-state index in [2.05, 4.69) is 28.5 Å². The number of aromatic nitrogens is 1. The van der Waals surface area contributed by atoms with Crippen LogP contribution in [0.1, 0.15) is 34.7 Å². The molecule has 0 spiro atoms. The highest BCUT2D eigenvalue weighted by atomic mass is 19.1. The van der Waals surface area contributed by atoms with Crippen LogP contribution in [0, 0.1) is 5.82 Å². The molecule has 0 aliphatic heterocycles. The Kier molecular flexibility index (Phi) is 3.79. The molecule has 1 atom stereocenters. The highest BCUT2D eigenvalue weighted by Crippen LogP contribution is 2.26. The molecule has 0 bridgehead atoms. The highest BCUT2D eigenvalue weighted by molar-refractivity contribution is 5.36. The fourth-order valence-electron chi connectivity index (χ4n) is 3.02. The SMILES string of the molecule is CNC(Cc1ccc2c(c1)CCC2)c1ccncc1F. The molecule has 1 N–H and O–H groups in total. The average molecular weight is 270 g/mol. The lowest BCUT2D eigenvalue weighted by Crippen LogP contribution is -2.20. The summed E-state index contributed by atoms with van der Waals surface area (Å²) in [6.45, 7) is 0. The Morgan fingerprint density at radius 3 is 2.90 bits per heavy atom. The van der Waals surface area contributed by atoms with E-state index in [-0.39, 0.29) is 11.9 Å². The van der Waals surface area contributed by atoms with Crippen LogP contribution < -0.4 is 5.32 Å². The second kappa shape index (κ2) is 5.71. The topological polar surface area (TPSA) is 24.9 Å². The van der Waals surface area contributed by atoms with Crippen LogP contribution in [0.25, 0.3) is 0 Å². The van der Waals surface area contributed by atoms with E-state index in [9.17, 15) is 4.39 Å². The molecule has 1 aliphatic carbocycles. The highest BCUT2D eigenvalue weighted by Gasteiger charge is 2.16. The van der Waals surface area contributed by atoms with Crippen molar-refractivity contribution >= 4 is 0 Å². The maximum Gasteiger partial charge on any atom is 0.146 e. The minimum atomic E-state index is -0.243. The number of fused-ring (bicyclic) bond motifs is 1. The van der Waals surface area contributed by atoms with Gasteiger partial charge >= 0.3 is 0 Å². The van der Waals surface area contributed by atoms with E-state index in [4.69, 9.17) is 0 Å². The fourth-order valence-corrected chi connectivity index (χ4v) is 3.02. The van der Waals surface area contributed by atoms with Crippen molar-refractivity contribution in [1.29, 1.82) is 0 Å². The molecule has 0 amide bonds. The Balaban J connectivity index is 1.83. The van der Waals surface area contributed by atoms with Crippen LogP contribution in [-0.2, 0) is 19.3 Å². The Hall–Kier alpha value is -1.74. The first kappa shape index (κ1) is 13.3. The van der Waals surface area contributed by atoms with E-state index in [1.807, 2.05) is 7.05 Å². The van der Waals surface area contributed by atoms with Gasteiger partial charge in [0, 0.05) is 17.8 Å². The lowest BCUT2D eigenvalue weighted by molar-refractivity contribution is 0.530. The number of likely N-dealkylation sites (N-methyl/N-ethyl adjacent to an activating group) is 1. The van der Waals surface area contributed by atoms with Gasteiger partial charge in [0.25, 0.3) is 0 Å². The van der Waals surface area contributed by atoms with Crippen molar-refractivity contribution in [2.45, 2.75) is 31.7 Å². The molecule has 1 aliphatic rings. The fraction of sp³-hybridized carbons (Fsp3) is 0.353. The lowest BCUT2D eigenvalue weighted by Gasteiger charge is -2.17. The summed E-state index contributed by atoms with van der Waals surface area (Å²) in [5, 5.41) is 3.21. The number of halogens is 1. The molecule has 0 radical (unpaired) electrons. The summed E-state index contributed by atoms with van der Waals surface area (Å²) in [6, 6.07) is 8.42. The second-order valence-electron chi connectivity index (χ2n) is 5.40. The number of aryl methyl sites for hydroxylation is 2. The number of hydrogen-bond acceptors (Lipinski definition) is 2. The van der Waals surface area contributed by atoms with Crippen LogP contribution in [0.2, 0.25) is 0 Å². The first-order valence-corrected chi connectivity index (χ1v) is 7.15. The van der Waals surface area contributed by atoms with E-state index in [1.165, 1.54) is 42.1 Å². The van der Waals surface area contributed by atoms with E-state index in [1.54, 1.807) is 12.3 Å². The van der Waals surface area contributed by atoms with Gasteiger partial charge in [-0.25, -0.2) is 4.39 Å². The predicted octanol–water partition coefficient (Wildman–Crippen LogP) is 3.21. The van der Waals surface area contributed by atoms with Crippen LogP contribution in [-0.4, -0.2) is 12.0 Å². The molecule has 3 heteroatoms. The van der Waals surface area contributed by atoms with Gasteiger partial charge in [-0.3, -0.25) is 4.98 Å². The first-order chi connectivity index (χ1) is 9.78. The van der Waals surface area contributed by atoms with Crippen molar-refractivity contribution in [3.63, 3.8) is 0 Å². The summed E-state index contributed by atoms with van der Waals surface area (Å²) in [4.78, 5) is 3.81. The molecule has 0 saturated heterocycles. The number of benzene rings is 1. The summed E-state index contributed by atoms with van der Waals surface area (Å²) in [5.41, 5.74) is 4.89. The average Bonchev–Trinajstić information content (AvgIpc) is 2.93. The summed E-state index contributed by atoms with van der Waals surface area (Å²) in [7, 11) is 1.87. The Labute approximate surface area is 119 Å². The number of rotatable bonds is 4. The van der Waals surface area contributed by atoms with Gasteiger partial charge in [0.2, 0.25) is 0 Å². The largest absolute Gasteiger partial charge is 0.313 e. The first-order valence-electron chi connectivity index (χ1n) is 7.15. The summed E-state index contributed by atoms with van der Waals surface area (Å²) >= 11 is 0. The minimum Gasteiger partial charge on any atom is -0.313 e. The molecular weight excluding hydrogens is 251 g/mol. The molecular formula is C17H19FN2. The van der Waals surface area contributed by atoms with Gasteiger partial charge in [-0.2, -0.15) is 0 Å². The van der Waals surface area contributed by atoms with Crippen molar-refractivity contribution in [3.8, 4) is 0 Å². The summed E-state index contributed by atoms with van der Waals surface area (Å²) < 4.78 is 13.8. The molecule has 2 nitrogen and oxygen atoms in total. The maximum atomic E-state index is 13.8. The van der Waals surface area contributed by atoms with Crippen molar-refractivity contribution in [1.82, 2.24) is 10.3 Å². The molecule has 3 rings (SSSR count). The quantitative estimate of drug-likeness (QED) is 0.922. The van der Waals surface area contributed by atoms with Crippen LogP contribution in [0.5, 0.6) is 0 Å². The normalized spacial score (nSPS) is 15.1. The molecule has 0 fully saturated rings. The molecule has 2 aromatic rings. The monoisotopic (exact) mass is 270 g/mol. The van der Waals surface area contributed by atoms with Crippen LogP contribution in [0.3, 0.4) is 0 Å². The second-order valence-corrected chi connectivity index (χ2v) is 5.40. The van der Waals surface area contributed by atoms with Crippen molar-refractivity contribution in [3.05, 3.63) is 64.7 Å². The van der Waals surface area contributed by atoms with Crippen LogP contribution in [0.4, 0.5) is 4.39 Å². The van der Waals surface area contributed by atoms with Crippen molar-refractivity contribution in [2.75, 3.05) is 7.05 Å². The van der Waals surface area contributed by atoms with Crippen LogP contribution >= 0.6 is 0 Å². The van der Waals surface area contributed by atoms with Gasteiger partial charge in [0.15, 0.2) is 0 Å². The van der Waals surface area contributed by atoms with Gasteiger partial charge < -0.3 is 5.32 Å². The van der Waals surface area contributed by atoms with Gasteiger partial charge in [-0.05, 0) is 55.5 Å². The van der Waals surface area contributed by atoms with E-state index in [0.717, 1.165) is 6.42 Å². The van der Waals surface area contributed by atoms with Gasteiger partial charge in [0.05, 0.1) is 6.20 Å². The van der Waals surface area contributed by atoms with E-state index >= 15 is 0 Å². The number of nitrogens with zero attached hydrogens (tertiary/aromatic N) is 1. The molecule has 1 heterocycles. The smallest absolute Gasteiger partial charge is 0.146 e. The Morgan fingerprint density at radius 2 is 2.10 bits per heavy atom. The molecule has 104 valence electrons. The predicted molar refractivity (Wildman–Crippen MR) is 78.2 cm³/mol. The zero-order valence-electron chi connectivity index (χ0n) is 11.7. The van der Waals surface area contributed by atoms with Crippen molar-refractivity contribution < 1.29 is 4.39 Å². The molecule has 1 aromatic carbocycles. The van der Waals surface area contributed by atoms with Crippen molar-refractivity contribution in [2.24, 2.45) is 0 Å². The van der Waals surface area contributed by atoms with E-state index < -0.39 is 0 Å². The van der Waals surface area contributed by atoms with Gasteiger partial charge in [-0.1, -0.05) is 18.2 Å². The maximum absolute atomic E-state index is 13.8. The third kappa shape index (κ3) is 2.59. The number of pyridine rings is 1. The third-order valence-corrected chi connectivity index (χ3v) is 4.13. The summed E-state index contributed by atoms with van der Waals surface area (Å²) in [6.07, 6.45) is 7.35. The number of nitrogens with one attached hydrogen (secondary N) is 1. The summed E-state index contributed by atoms with van der Waals surface area (Å²) in [5.74, 6) is -0.243. The molecule has 1 unspecified atom stereocenters. The van der Waals surface area contributed by atoms with Gasteiger partial charge in [-0.15, -0.1) is 0 Å². The number of hydrogen-bond donors (Lipinski definition) is 1. The Bertz CT molecular complexity index is 610. The lowest BCUT2D eigenvalue weighted by atomic mass is 9.97. The molecule has 1 aromatic heterocycles.